The summed E-state index contributed by atoms with van der Waals surface area (Å²) in [5.74, 6) is 5.61. The van der Waals surface area contributed by atoms with Crippen molar-refractivity contribution in [2.75, 3.05) is 29.3 Å². The first-order valence-corrected chi connectivity index (χ1v) is 6.14. The average Bonchev–Trinajstić information content (AvgIpc) is 2.53. The Bertz CT molecular complexity index is 669. The van der Waals surface area contributed by atoms with Gasteiger partial charge in [0.2, 0.25) is 17.8 Å². The Morgan fingerprint density at radius 2 is 2.14 bits per heavy atom. The molecule has 0 spiro atoms. The zero-order valence-corrected chi connectivity index (χ0v) is 11.2. The highest BCUT2D eigenvalue weighted by atomic mass is 16.5. The number of para-hydroxylation sites is 2. The first-order valence-electron chi connectivity index (χ1n) is 6.14. The lowest BCUT2D eigenvalue weighted by molar-refractivity contribution is -0.115. The van der Waals surface area contributed by atoms with E-state index in [1.165, 1.54) is 7.11 Å². The molecule has 0 saturated carbocycles. The predicted octanol–water partition coefficient (Wildman–Crippen LogP) is 0.256. The number of hydrogen-bond donors (Lipinski definition) is 3. The summed E-state index contributed by atoms with van der Waals surface area (Å²) in [4.78, 5) is 25.7. The van der Waals surface area contributed by atoms with E-state index in [9.17, 15) is 4.79 Å². The number of fused-ring (bicyclic) bond motifs is 1. The normalized spacial score (nSPS) is 13.4. The van der Waals surface area contributed by atoms with Crippen LogP contribution in [-0.4, -0.2) is 34.5 Å². The third-order valence-electron chi connectivity index (χ3n) is 2.93. The summed E-state index contributed by atoms with van der Waals surface area (Å²) in [5, 5.41) is 2.79. The Kier molecular flexibility index (Phi) is 3.24. The van der Waals surface area contributed by atoms with E-state index >= 15 is 0 Å². The van der Waals surface area contributed by atoms with Crippen molar-refractivity contribution < 1.29 is 9.53 Å². The number of nitrogens with one attached hydrogen (secondary N) is 2. The molecule has 0 fully saturated rings. The van der Waals surface area contributed by atoms with Gasteiger partial charge in [0.1, 0.15) is 6.54 Å². The number of benzene rings is 1. The van der Waals surface area contributed by atoms with Crippen LogP contribution in [0.25, 0.3) is 0 Å². The third-order valence-corrected chi connectivity index (χ3v) is 2.93. The van der Waals surface area contributed by atoms with Crippen molar-refractivity contribution in [3.8, 4) is 6.01 Å². The molecule has 9 heteroatoms. The highest BCUT2D eigenvalue weighted by Gasteiger charge is 2.25. The number of anilines is 4. The van der Waals surface area contributed by atoms with Gasteiger partial charge in [-0.05, 0) is 12.1 Å². The third kappa shape index (κ3) is 2.41. The summed E-state index contributed by atoms with van der Waals surface area (Å²) in [6, 6.07) is 7.48. The number of aromatic nitrogens is 3. The maximum absolute atomic E-state index is 11.8. The molecule has 0 atom stereocenters. The topological polar surface area (TPSA) is 118 Å². The molecule has 4 N–H and O–H groups in total. The molecule has 1 aromatic heterocycles. The molecule has 0 radical (unpaired) electrons. The van der Waals surface area contributed by atoms with Gasteiger partial charge in [-0.2, -0.15) is 15.0 Å². The predicted molar refractivity (Wildman–Crippen MR) is 76.3 cm³/mol. The van der Waals surface area contributed by atoms with Crippen LogP contribution in [-0.2, 0) is 4.79 Å². The molecular weight excluding hydrogens is 274 g/mol. The Labute approximate surface area is 120 Å². The van der Waals surface area contributed by atoms with Crippen molar-refractivity contribution in [3.63, 3.8) is 0 Å². The summed E-state index contributed by atoms with van der Waals surface area (Å²) < 4.78 is 5.02. The molecule has 0 saturated heterocycles. The summed E-state index contributed by atoms with van der Waals surface area (Å²) in [6.07, 6.45) is 0. The monoisotopic (exact) mass is 287 g/mol. The number of carbonyl (C=O) groups is 1. The standard InChI is InChI=1S/C12H13N7O2/c1-21-12-16-10(18-13)15-11(17-12)19-6-9(20)14-7-4-2-3-5-8(7)19/h2-5H,6,13H2,1H3,(H,14,20)(H,15,16,17,18). The van der Waals surface area contributed by atoms with E-state index in [0.717, 1.165) is 5.69 Å². The van der Waals surface area contributed by atoms with Gasteiger partial charge in [0.25, 0.3) is 0 Å². The van der Waals surface area contributed by atoms with E-state index < -0.39 is 0 Å². The van der Waals surface area contributed by atoms with Crippen LogP contribution in [0.5, 0.6) is 6.01 Å². The summed E-state index contributed by atoms with van der Waals surface area (Å²) in [7, 11) is 1.44. The zero-order valence-electron chi connectivity index (χ0n) is 11.2. The van der Waals surface area contributed by atoms with Crippen molar-refractivity contribution in [2.24, 2.45) is 5.84 Å². The lowest BCUT2D eigenvalue weighted by Crippen LogP contribution is -2.36. The summed E-state index contributed by atoms with van der Waals surface area (Å²) >= 11 is 0. The van der Waals surface area contributed by atoms with Gasteiger partial charge in [-0.1, -0.05) is 12.1 Å². The average molecular weight is 287 g/mol. The van der Waals surface area contributed by atoms with Gasteiger partial charge in [-0.25, -0.2) is 5.84 Å². The maximum atomic E-state index is 11.8. The number of hydrogen-bond acceptors (Lipinski definition) is 8. The fourth-order valence-corrected chi connectivity index (χ4v) is 2.03. The quantitative estimate of drug-likeness (QED) is 0.543. The molecule has 1 aliphatic rings. The first kappa shape index (κ1) is 13.1. The number of amides is 1. The minimum atomic E-state index is -0.157. The number of rotatable bonds is 3. The number of hydrazine groups is 1. The van der Waals surface area contributed by atoms with Crippen LogP contribution in [0.1, 0.15) is 0 Å². The summed E-state index contributed by atoms with van der Waals surface area (Å²) in [5.41, 5.74) is 3.82. The Hall–Kier alpha value is -2.94. The van der Waals surface area contributed by atoms with Gasteiger partial charge in [0.15, 0.2) is 0 Å². The van der Waals surface area contributed by atoms with Crippen LogP contribution >= 0.6 is 0 Å². The van der Waals surface area contributed by atoms with Crippen LogP contribution in [0.2, 0.25) is 0 Å². The fraction of sp³-hybridized carbons (Fsp3) is 0.167. The van der Waals surface area contributed by atoms with Gasteiger partial charge in [0.05, 0.1) is 18.5 Å². The lowest BCUT2D eigenvalue weighted by Gasteiger charge is -2.29. The van der Waals surface area contributed by atoms with E-state index in [1.807, 2.05) is 18.2 Å². The second-order valence-corrected chi connectivity index (χ2v) is 4.24. The number of nitrogens with two attached hydrogens (primary N) is 1. The molecule has 3 rings (SSSR count). The Morgan fingerprint density at radius 3 is 2.90 bits per heavy atom. The molecule has 1 aliphatic heterocycles. The van der Waals surface area contributed by atoms with Crippen LogP contribution in [0.4, 0.5) is 23.3 Å². The minimum absolute atomic E-state index is 0.0915. The molecule has 1 amide bonds. The number of ether oxygens (including phenoxy) is 1. The molecule has 9 nitrogen and oxygen atoms in total. The van der Waals surface area contributed by atoms with E-state index in [1.54, 1.807) is 11.0 Å². The maximum Gasteiger partial charge on any atom is 0.322 e. The van der Waals surface area contributed by atoms with Crippen LogP contribution in [0.15, 0.2) is 24.3 Å². The van der Waals surface area contributed by atoms with Gasteiger partial charge >= 0.3 is 6.01 Å². The number of carbonyl (C=O) groups excluding carboxylic acids is 1. The van der Waals surface area contributed by atoms with Crippen molar-refractivity contribution in [2.45, 2.75) is 0 Å². The molecule has 0 unspecified atom stereocenters. The smallest absolute Gasteiger partial charge is 0.322 e. The zero-order chi connectivity index (χ0) is 14.8. The minimum Gasteiger partial charge on any atom is -0.467 e. The molecule has 1 aromatic carbocycles. The first-order chi connectivity index (χ1) is 10.2. The second-order valence-electron chi connectivity index (χ2n) is 4.24. The van der Waals surface area contributed by atoms with E-state index in [-0.39, 0.29) is 30.4 Å². The molecule has 0 bridgehead atoms. The Balaban J connectivity index is 2.10. The highest BCUT2D eigenvalue weighted by Crippen LogP contribution is 2.33. The molecule has 108 valence electrons. The lowest BCUT2D eigenvalue weighted by atomic mass is 10.2. The van der Waals surface area contributed by atoms with Crippen LogP contribution in [0, 0.1) is 0 Å². The van der Waals surface area contributed by atoms with Gasteiger partial charge in [-0.3, -0.25) is 15.1 Å². The molecule has 2 heterocycles. The highest BCUT2D eigenvalue weighted by molar-refractivity contribution is 6.02. The molecular formula is C12H13N7O2. The van der Waals surface area contributed by atoms with E-state index in [2.05, 4.69) is 25.7 Å². The van der Waals surface area contributed by atoms with Crippen LogP contribution < -0.4 is 26.2 Å². The van der Waals surface area contributed by atoms with Gasteiger partial charge in [-0.15, -0.1) is 0 Å². The van der Waals surface area contributed by atoms with E-state index in [0.29, 0.717) is 5.69 Å². The van der Waals surface area contributed by atoms with Gasteiger partial charge < -0.3 is 10.1 Å². The van der Waals surface area contributed by atoms with Crippen molar-refractivity contribution in [1.29, 1.82) is 0 Å². The molecule has 0 aliphatic carbocycles. The molecule has 21 heavy (non-hydrogen) atoms. The fourth-order valence-electron chi connectivity index (χ4n) is 2.03. The van der Waals surface area contributed by atoms with E-state index in [4.69, 9.17) is 10.6 Å². The summed E-state index contributed by atoms with van der Waals surface area (Å²) in [6.45, 7) is 0.0915. The van der Waals surface area contributed by atoms with Crippen molar-refractivity contribution in [1.82, 2.24) is 15.0 Å². The van der Waals surface area contributed by atoms with Crippen LogP contribution in [0.3, 0.4) is 0 Å². The van der Waals surface area contributed by atoms with Crippen molar-refractivity contribution in [3.05, 3.63) is 24.3 Å². The number of methoxy groups -OCH3 is 1. The van der Waals surface area contributed by atoms with Gasteiger partial charge in [0, 0.05) is 0 Å². The SMILES string of the molecule is COc1nc(NN)nc(N2CC(=O)Nc3ccccc32)n1. The molecule has 2 aromatic rings. The van der Waals surface area contributed by atoms with Crippen molar-refractivity contribution >= 4 is 29.2 Å². The Morgan fingerprint density at radius 1 is 1.33 bits per heavy atom. The largest absolute Gasteiger partial charge is 0.467 e. The second kappa shape index (κ2) is 5.21. The number of nitrogens with zero attached hydrogens (tertiary/aromatic N) is 4. The number of nitrogen functional groups attached to an aromatic ring is 1.